The SMILES string of the molecule is Cl.NCCC1CCCCN1Cc1coc(-c2ccc(F)cc2)n1. The van der Waals surface area contributed by atoms with Crippen LogP contribution in [0.2, 0.25) is 0 Å². The van der Waals surface area contributed by atoms with Gasteiger partial charge in [-0.15, -0.1) is 12.4 Å². The van der Waals surface area contributed by atoms with Crippen molar-refractivity contribution in [1.82, 2.24) is 9.88 Å². The molecule has 2 aromatic rings. The molecule has 2 heterocycles. The standard InChI is InChI=1S/C17H22FN3O.ClH/c18-14-6-4-13(5-7-14)17-20-15(12-22-17)11-21-10-2-1-3-16(21)8-9-19;/h4-7,12,16H,1-3,8-11,19H2;1H. The number of likely N-dealkylation sites (tertiary alicyclic amines) is 1. The Bertz CT molecular complexity index is 600. The van der Waals surface area contributed by atoms with Gasteiger partial charge in [0.2, 0.25) is 5.89 Å². The molecule has 2 N–H and O–H groups in total. The maximum absolute atomic E-state index is 13.0. The molecule has 0 radical (unpaired) electrons. The van der Waals surface area contributed by atoms with Gasteiger partial charge in [0.05, 0.1) is 5.69 Å². The Morgan fingerprint density at radius 3 is 2.78 bits per heavy atom. The van der Waals surface area contributed by atoms with Crippen molar-refractivity contribution in [3.8, 4) is 11.5 Å². The van der Waals surface area contributed by atoms with Crippen LogP contribution >= 0.6 is 12.4 Å². The summed E-state index contributed by atoms with van der Waals surface area (Å²) < 4.78 is 18.5. The van der Waals surface area contributed by atoms with Crippen LogP contribution in [0.1, 0.15) is 31.4 Å². The van der Waals surface area contributed by atoms with Gasteiger partial charge < -0.3 is 10.2 Å². The third kappa shape index (κ3) is 4.53. The van der Waals surface area contributed by atoms with Crippen molar-refractivity contribution in [3.63, 3.8) is 0 Å². The number of nitrogens with two attached hydrogens (primary N) is 1. The first-order valence-corrected chi connectivity index (χ1v) is 7.91. The van der Waals surface area contributed by atoms with Gasteiger partial charge in [0.1, 0.15) is 12.1 Å². The lowest BCUT2D eigenvalue weighted by molar-refractivity contribution is 0.132. The molecule has 1 aliphatic heterocycles. The van der Waals surface area contributed by atoms with Crippen molar-refractivity contribution in [2.75, 3.05) is 13.1 Å². The van der Waals surface area contributed by atoms with E-state index in [0.717, 1.165) is 37.3 Å². The molecule has 1 atom stereocenters. The summed E-state index contributed by atoms with van der Waals surface area (Å²) in [5.74, 6) is 0.288. The van der Waals surface area contributed by atoms with E-state index in [1.165, 1.54) is 31.4 Å². The van der Waals surface area contributed by atoms with E-state index in [2.05, 4.69) is 9.88 Å². The fourth-order valence-electron chi connectivity index (χ4n) is 3.10. The zero-order valence-electron chi connectivity index (χ0n) is 13.1. The lowest BCUT2D eigenvalue weighted by Gasteiger charge is -2.35. The highest BCUT2D eigenvalue weighted by Crippen LogP contribution is 2.23. The average Bonchev–Trinajstić information content (AvgIpc) is 2.99. The minimum absolute atomic E-state index is 0. The summed E-state index contributed by atoms with van der Waals surface area (Å²) in [4.78, 5) is 6.98. The maximum Gasteiger partial charge on any atom is 0.226 e. The van der Waals surface area contributed by atoms with Gasteiger partial charge in [-0.3, -0.25) is 4.90 Å². The van der Waals surface area contributed by atoms with Gasteiger partial charge in [-0.25, -0.2) is 9.37 Å². The molecular weight excluding hydrogens is 317 g/mol. The number of aromatic nitrogens is 1. The Morgan fingerprint density at radius 1 is 1.26 bits per heavy atom. The summed E-state index contributed by atoms with van der Waals surface area (Å²) in [6.45, 7) is 2.60. The number of benzene rings is 1. The molecule has 1 fully saturated rings. The van der Waals surface area contributed by atoms with Gasteiger partial charge >= 0.3 is 0 Å². The summed E-state index contributed by atoms with van der Waals surface area (Å²) >= 11 is 0. The molecule has 23 heavy (non-hydrogen) atoms. The number of hydrogen-bond acceptors (Lipinski definition) is 4. The molecule has 6 heteroatoms. The van der Waals surface area contributed by atoms with Crippen LogP contribution in [0.15, 0.2) is 34.9 Å². The largest absolute Gasteiger partial charge is 0.444 e. The number of piperidine rings is 1. The molecule has 0 spiro atoms. The van der Waals surface area contributed by atoms with Crippen molar-refractivity contribution in [1.29, 1.82) is 0 Å². The molecule has 0 bridgehead atoms. The zero-order chi connectivity index (χ0) is 15.4. The third-order valence-electron chi connectivity index (χ3n) is 4.26. The Kier molecular flexibility index (Phi) is 6.57. The van der Waals surface area contributed by atoms with E-state index in [4.69, 9.17) is 10.2 Å². The van der Waals surface area contributed by atoms with Crippen LogP contribution in [-0.2, 0) is 6.54 Å². The minimum Gasteiger partial charge on any atom is -0.444 e. The summed E-state index contributed by atoms with van der Waals surface area (Å²) in [7, 11) is 0. The number of nitrogens with zero attached hydrogens (tertiary/aromatic N) is 2. The fraction of sp³-hybridized carbons (Fsp3) is 0.471. The van der Waals surface area contributed by atoms with E-state index in [1.807, 2.05) is 0 Å². The first-order chi connectivity index (χ1) is 10.8. The van der Waals surface area contributed by atoms with E-state index in [1.54, 1.807) is 18.4 Å². The monoisotopic (exact) mass is 339 g/mol. The predicted molar refractivity (Wildman–Crippen MR) is 90.9 cm³/mol. The van der Waals surface area contributed by atoms with E-state index in [0.29, 0.717) is 11.9 Å². The zero-order valence-corrected chi connectivity index (χ0v) is 13.9. The van der Waals surface area contributed by atoms with Crippen LogP contribution < -0.4 is 5.73 Å². The Hall–Kier alpha value is -1.43. The van der Waals surface area contributed by atoms with Crippen molar-refractivity contribution in [2.24, 2.45) is 5.73 Å². The third-order valence-corrected chi connectivity index (χ3v) is 4.26. The number of hydrogen-bond donors (Lipinski definition) is 1. The Labute approximate surface area is 142 Å². The molecule has 126 valence electrons. The fourth-order valence-corrected chi connectivity index (χ4v) is 3.10. The highest BCUT2D eigenvalue weighted by atomic mass is 35.5. The summed E-state index contributed by atoms with van der Waals surface area (Å²) in [5.41, 5.74) is 7.43. The van der Waals surface area contributed by atoms with Crippen LogP contribution in [0.3, 0.4) is 0 Å². The second-order valence-electron chi connectivity index (χ2n) is 5.85. The lowest BCUT2D eigenvalue weighted by Crippen LogP contribution is -2.40. The maximum atomic E-state index is 13.0. The second kappa shape index (κ2) is 8.43. The molecule has 1 aliphatic rings. The van der Waals surface area contributed by atoms with Gasteiger partial charge in [-0.05, 0) is 56.6 Å². The molecule has 1 aromatic heterocycles. The van der Waals surface area contributed by atoms with Crippen molar-refractivity contribution in [3.05, 3.63) is 42.0 Å². The molecule has 0 saturated carbocycles. The van der Waals surface area contributed by atoms with Crippen LogP contribution in [0.25, 0.3) is 11.5 Å². The molecular formula is C17H23ClFN3O. The molecule has 4 nitrogen and oxygen atoms in total. The predicted octanol–water partition coefficient (Wildman–Crippen LogP) is 3.61. The van der Waals surface area contributed by atoms with E-state index >= 15 is 0 Å². The first kappa shape index (κ1) is 17.9. The first-order valence-electron chi connectivity index (χ1n) is 7.91. The molecule has 3 rings (SSSR count). The molecule has 1 unspecified atom stereocenters. The Balaban J connectivity index is 0.00000192. The smallest absolute Gasteiger partial charge is 0.226 e. The molecule has 0 amide bonds. The van der Waals surface area contributed by atoms with Crippen LogP contribution in [-0.4, -0.2) is 29.0 Å². The van der Waals surface area contributed by atoms with Crippen molar-refractivity contribution in [2.45, 2.75) is 38.3 Å². The lowest BCUT2D eigenvalue weighted by atomic mass is 9.99. The minimum atomic E-state index is -0.256. The van der Waals surface area contributed by atoms with Gasteiger partial charge in [0, 0.05) is 18.2 Å². The quantitative estimate of drug-likeness (QED) is 0.904. The van der Waals surface area contributed by atoms with E-state index in [9.17, 15) is 4.39 Å². The van der Waals surface area contributed by atoms with Gasteiger partial charge in [-0.1, -0.05) is 6.42 Å². The normalized spacial score (nSPS) is 18.6. The highest BCUT2D eigenvalue weighted by Gasteiger charge is 2.22. The van der Waals surface area contributed by atoms with Crippen molar-refractivity contribution < 1.29 is 8.81 Å². The summed E-state index contributed by atoms with van der Waals surface area (Å²) in [6.07, 6.45) is 6.44. The number of halogens is 2. The van der Waals surface area contributed by atoms with E-state index in [-0.39, 0.29) is 18.2 Å². The molecule has 0 aliphatic carbocycles. The van der Waals surface area contributed by atoms with Gasteiger partial charge in [0.15, 0.2) is 0 Å². The second-order valence-corrected chi connectivity index (χ2v) is 5.85. The van der Waals surface area contributed by atoms with E-state index < -0.39 is 0 Å². The van der Waals surface area contributed by atoms with Crippen LogP contribution in [0.4, 0.5) is 4.39 Å². The highest BCUT2D eigenvalue weighted by molar-refractivity contribution is 5.85. The van der Waals surface area contributed by atoms with Gasteiger partial charge in [0.25, 0.3) is 0 Å². The molecule has 1 aromatic carbocycles. The summed E-state index contributed by atoms with van der Waals surface area (Å²) in [5, 5.41) is 0. The van der Waals surface area contributed by atoms with Gasteiger partial charge in [-0.2, -0.15) is 0 Å². The Morgan fingerprint density at radius 2 is 2.04 bits per heavy atom. The summed E-state index contributed by atoms with van der Waals surface area (Å²) in [6, 6.07) is 6.75. The number of oxazole rings is 1. The average molecular weight is 340 g/mol. The van der Waals surface area contributed by atoms with Crippen LogP contribution in [0, 0.1) is 5.82 Å². The topological polar surface area (TPSA) is 55.3 Å². The van der Waals surface area contributed by atoms with Crippen molar-refractivity contribution >= 4 is 12.4 Å². The van der Waals surface area contributed by atoms with Crippen LogP contribution in [0.5, 0.6) is 0 Å². The molecule has 1 saturated heterocycles. The number of rotatable bonds is 5.